The highest BCUT2D eigenvalue weighted by Gasteiger charge is 2.53. The summed E-state index contributed by atoms with van der Waals surface area (Å²) in [6, 6.07) is 0. The molecule has 2 aliphatic carbocycles. The van der Waals surface area contributed by atoms with E-state index < -0.39 is 11.8 Å². The van der Waals surface area contributed by atoms with Crippen LogP contribution in [-0.4, -0.2) is 25.2 Å². The molecule has 1 fully saturated rings. The van der Waals surface area contributed by atoms with E-state index in [1.807, 2.05) is 0 Å². The summed E-state index contributed by atoms with van der Waals surface area (Å²) in [7, 11) is 0. The van der Waals surface area contributed by atoms with Gasteiger partial charge in [-0.1, -0.05) is 50.3 Å². The second-order valence-corrected chi connectivity index (χ2v) is 7.75. The van der Waals surface area contributed by atoms with E-state index in [1.54, 1.807) is 0 Å². The van der Waals surface area contributed by atoms with Crippen molar-refractivity contribution in [2.45, 2.75) is 58.8 Å². The van der Waals surface area contributed by atoms with Crippen molar-refractivity contribution < 1.29 is 19.1 Å². The first-order valence-corrected chi connectivity index (χ1v) is 10.3. The Bertz CT molecular complexity index is 539. The average Bonchev–Trinajstić information content (AvgIpc) is 3.29. The highest BCUT2D eigenvalue weighted by molar-refractivity contribution is 5.84. The number of esters is 2. The summed E-state index contributed by atoms with van der Waals surface area (Å²) < 4.78 is 11.0. The maximum atomic E-state index is 12.6. The van der Waals surface area contributed by atoms with Crippen molar-refractivity contribution >= 4 is 11.9 Å². The minimum absolute atomic E-state index is 0.102. The first kappa shape index (κ1) is 21.5. The van der Waals surface area contributed by atoms with Crippen LogP contribution in [0.1, 0.15) is 58.8 Å². The molecule has 2 bridgehead atoms. The van der Waals surface area contributed by atoms with Crippen molar-refractivity contribution in [1.29, 1.82) is 0 Å². The van der Waals surface area contributed by atoms with Gasteiger partial charge in [-0.2, -0.15) is 0 Å². The Balaban J connectivity index is 1.82. The van der Waals surface area contributed by atoms with Crippen molar-refractivity contribution in [3.63, 3.8) is 0 Å². The largest absolute Gasteiger partial charge is 0.465 e. The summed E-state index contributed by atoms with van der Waals surface area (Å²) in [5.41, 5.74) is 2.34. The molecule has 0 aromatic rings. The van der Waals surface area contributed by atoms with E-state index in [2.05, 4.69) is 39.2 Å². The van der Waals surface area contributed by atoms with Crippen LogP contribution in [-0.2, 0) is 19.1 Å². The minimum atomic E-state index is -0.396. The van der Waals surface area contributed by atoms with E-state index in [-0.39, 0.29) is 23.8 Å². The average molecular weight is 375 g/mol. The molecule has 0 amide bonds. The second-order valence-electron chi connectivity index (χ2n) is 7.75. The van der Waals surface area contributed by atoms with Crippen molar-refractivity contribution in [3.05, 3.63) is 36.5 Å². The number of carbonyl (C=O) groups excluding carboxylic acids is 2. The number of rotatable bonds is 12. The Morgan fingerprint density at radius 2 is 1.26 bits per heavy atom. The maximum absolute atomic E-state index is 12.6. The molecule has 0 radical (unpaired) electrons. The number of hydrogen-bond acceptors (Lipinski definition) is 4. The smallest absolute Gasteiger partial charge is 0.310 e. The third-order valence-corrected chi connectivity index (χ3v) is 5.84. The van der Waals surface area contributed by atoms with Crippen LogP contribution in [0.25, 0.3) is 0 Å². The van der Waals surface area contributed by atoms with Gasteiger partial charge >= 0.3 is 11.9 Å². The molecule has 0 N–H and O–H groups in total. The number of carbonyl (C=O) groups is 2. The predicted molar refractivity (Wildman–Crippen MR) is 107 cm³/mol. The quantitative estimate of drug-likeness (QED) is 0.274. The van der Waals surface area contributed by atoms with Crippen molar-refractivity contribution in [1.82, 2.24) is 0 Å². The normalized spacial score (nSPS) is 25.4. The SMILES string of the molecule is C=C(CC)CCCOC(=O)C1C2C=CC(C2)C1C(=O)OCCCC(=C)CC. The van der Waals surface area contributed by atoms with E-state index in [1.165, 1.54) is 11.1 Å². The molecular formula is C23H34O4. The first-order valence-electron chi connectivity index (χ1n) is 10.3. The molecule has 0 aromatic heterocycles. The van der Waals surface area contributed by atoms with Crippen LogP contribution >= 0.6 is 0 Å². The maximum Gasteiger partial charge on any atom is 0.310 e. The van der Waals surface area contributed by atoms with Gasteiger partial charge in [0.05, 0.1) is 25.0 Å². The highest BCUT2D eigenvalue weighted by Crippen LogP contribution is 2.49. The lowest BCUT2D eigenvalue weighted by atomic mass is 9.83. The Kier molecular flexibility index (Phi) is 8.33. The molecule has 2 rings (SSSR count). The molecule has 0 aliphatic heterocycles. The summed E-state index contributed by atoms with van der Waals surface area (Å²) in [5.74, 6) is -1.10. The summed E-state index contributed by atoms with van der Waals surface area (Å²) in [4.78, 5) is 25.2. The van der Waals surface area contributed by atoms with Crippen LogP contribution in [0.15, 0.2) is 36.5 Å². The third-order valence-electron chi connectivity index (χ3n) is 5.84. The van der Waals surface area contributed by atoms with Crippen molar-refractivity contribution in [2.75, 3.05) is 13.2 Å². The molecule has 1 saturated carbocycles. The molecule has 4 nitrogen and oxygen atoms in total. The lowest BCUT2D eigenvalue weighted by molar-refractivity contribution is -0.161. The Labute approximate surface area is 163 Å². The molecule has 0 spiro atoms. The molecule has 4 heteroatoms. The lowest BCUT2D eigenvalue weighted by Gasteiger charge is -2.25. The predicted octanol–water partition coefficient (Wildman–Crippen LogP) is 5.00. The van der Waals surface area contributed by atoms with E-state index >= 15 is 0 Å². The summed E-state index contributed by atoms with van der Waals surface area (Å²) in [6.45, 7) is 12.9. The molecular weight excluding hydrogens is 340 g/mol. The zero-order chi connectivity index (χ0) is 19.8. The van der Waals surface area contributed by atoms with Crippen molar-refractivity contribution in [2.24, 2.45) is 23.7 Å². The molecule has 2 aliphatic rings. The number of allylic oxidation sites excluding steroid dienone is 4. The lowest BCUT2D eigenvalue weighted by Crippen LogP contribution is -2.35. The van der Waals surface area contributed by atoms with Crippen LogP contribution < -0.4 is 0 Å². The Hall–Kier alpha value is -1.84. The van der Waals surface area contributed by atoms with E-state index in [0.717, 1.165) is 44.9 Å². The Morgan fingerprint density at radius 1 is 0.852 bits per heavy atom. The van der Waals surface area contributed by atoms with Gasteiger partial charge in [0.25, 0.3) is 0 Å². The fourth-order valence-electron chi connectivity index (χ4n) is 4.00. The van der Waals surface area contributed by atoms with E-state index in [9.17, 15) is 9.59 Å². The van der Waals surface area contributed by atoms with Gasteiger partial charge in [-0.05, 0) is 56.8 Å². The molecule has 0 saturated heterocycles. The van der Waals surface area contributed by atoms with Gasteiger partial charge in [-0.15, -0.1) is 0 Å². The van der Waals surface area contributed by atoms with Gasteiger partial charge in [0.1, 0.15) is 0 Å². The van der Waals surface area contributed by atoms with Crippen LogP contribution in [0.2, 0.25) is 0 Å². The number of hydrogen-bond donors (Lipinski definition) is 0. The molecule has 27 heavy (non-hydrogen) atoms. The molecule has 4 unspecified atom stereocenters. The molecule has 0 heterocycles. The first-order chi connectivity index (χ1) is 13.0. The van der Waals surface area contributed by atoms with Gasteiger partial charge in [-0.25, -0.2) is 0 Å². The fourth-order valence-corrected chi connectivity index (χ4v) is 4.00. The van der Waals surface area contributed by atoms with Crippen LogP contribution in [0.5, 0.6) is 0 Å². The zero-order valence-electron chi connectivity index (χ0n) is 16.9. The van der Waals surface area contributed by atoms with Gasteiger partial charge in [-0.3, -0.25) is 9.59 Å². The van der Waals surface area contributed by atoms with Crippen LogP contribution in [0.4, 0.5) is 0 Å². The van der Waals surface area contributed by atoms with Gasteiger partial charge < -0.3 is 9.47 Å². The second kappa shape index (κ2) is 10.5. The van der Waals surface area contributed by atoms with Crippen LogP contribution in [0, 0.1) is 23.7 Å². The molecule has 4 atom stereocenters. The third kappa shape index (κ3) is 5.82. The number of fused-ring (bicyclic) bond motifs is 2. The van der Waals surface area contributed by atoms with Gasteiger partial charge in [0.2, 0.25) is 0 Å². The summed E-state index contributed by atoms with van der Waals surface area (Å²) >= 11 is 0. The highest BCUT2D eigenvalue weighted by atomic mass is 16.5. The topological polar surface area (TPSA) is 52.6 Å². The Morgan fingerprint density at radius 3 is 1.63 bits per heavy atom. The van der Waals surface area contributed by atoms with E-state index in [0.29, 0.717) is 13.2 Å². The minimum Gasteiger partial charge on any atom is -0.465 e. The van der Waals surface area contributed by atoms with Crippen molar-refractivity contribution in [3.8, 4) is 0 Å². The molecule has 0 aromatic carbocycles. The fraction of sp³-hybridized carbons (Fsp3) is 0.652. The van der Waals surface area contributed by atoms with E-state index in [4.69, 9.17) is 9.47 Å². The number of ether oxygens (including phenoxy) is 2. The zero-order valence-corrected chi connectivity index (χ0v) is 16.9. The molecule has 150 valence electrons. The summed E-state index contributed by atoms with van der Waals surface area (Å²) in [5, 5.41) is 0. The summed E-state index contributed by atoms with van der Waals surface area (Å²) in [6.07, 6.45) is 10.2. The van der Waals surface area contributed by atoms with Gasteiger partial charge in [0.15, 0.2) is 0 Å². The van der Waals surface area contributed by atoms with Crippen LogP contribution in [0.3, 0.4) is 0 Å². The van der Waals surface area contributed by atoms with Gasteiger partial charge in [0, 0.05) is 0 Å². The standard InChI is InChI=1S/C23H34O4/c1-5-16(3)9-7-13-26-22(24)20-18-11-12-19(15-18)21(20)23(25)27-14-8-10-17(4)6-2/h11-12,18-21H,3-10,13-15H2,1-2H3. The monoisotopic (exact) mass is 374 g/mol.